The first-order valence-corrected chi connectivity index (χ1v) is 6.40. The second kappa shape index (κ2) is 5.93. The third kappa shape index (κ3) is 3.38. The van der Waals surface area contributed by atoms with Crippen molar-refractivity contribution >= 4 is 5.97 Å². The van der Waals surface area contributed by atoms with Gasteiger partial charge in [0.2, 0.25) is 0 Å². The average Bonchev–Trinajstić information content (AvgIpc) is 2.39. The summed E-state index contributed by atoms with van der Waals surface area (Å²) in [5.74, 6) is 0.371. The molecule has 0 aromatic heterocycles. The SMILES string of the molecule is Cc1cc2c(cc1CNCC(C)C(=O)O)OCCO2. The predicted molar refractivity (Wildman–Crippen MR) is 70.7 cm³/mol. The molecule has 104 valence electrons. The summed E-state index contributed by atoms with van der Waals surface area (Å²) < 4.78 is 11.0. The third-order valence-electron chi connectivity index (χ3n) is 3.19. The molecule has 0 fully saturated rings. The van der Waals surface area contributed by atoms with E-state index >= 15 is 0 Å². The fourth-order valence-electron chi connectivity index (χ4n) is 1.93. The van der Waals surface area contributed by atoms with Gasteiger partial charge >= 0.3 is 5.97 Å². The highest BCUT2D eigenvalue weighted by molar-refractivity contribution is 5.69. The Kier molecular flexibility index (Phi) is 4.27. The van der Waals surface area contributed by atoms with Crippen molar-refractivity contribution in [2.45, 2.75) is 20.4 Å². The molecule has 0 saturated heterocycles. The highest BCUT2D eigenvalue weighted by Crippen LogP contribution is 2.32. The molecule has 2 rings (SSSR count). The number of hydrogen-bond acceptors (Lipinski definition) is 4. The second-order valence-corrected chi connectivity index (χ2v) is 4.79. The molecule has 0 aliphatic carbocycles. The van der Waals surface area contributed by atoms with Crippen molar-refractivity contribution in [2.75, 3.05) is 19.8 Å². The molecule has 5 heteroatoms. The zero-order valence-corrected chi connectivity index (χ0v) is 11.2. The molecule has 1 aliphatic rings. The Bertz CT molecular complexity index is 473. The number of fused-ring (bicyclic) bond motifs is 1. The minimum absolute atomic E-state index is 0.391. The molecule has 1 aliphatic heterocycles. The number of aliphatic carboxylic acids is 1. The summed E-state index contributed by atoms with van der Waals surface area (Å²) in [6.45, 7) is 5.92. The molecule has 0 bridgehead atoms. The van der Waals surface area contributed by atoms with Gasteiger partial charge in [-0.25, -0.2) is 0 Å². The lowest BCUT2D eigenvalue weighted by molar-refractivity contribution is -0.140. The van der Waals surface area contributed by atoms with Gasteiger partial charge in [-0.3, -0.25) is 4.79 Å². The average molecular weight is 265 g/mol. The summed E-state index contributed by atoms with van der Waals surface area (Å²) in [5.41, 5.74) is 2.21. The Hall–Kier alpha value is -1.75. The maximum atomic E-state index is 10.7. The molecule has 1 heterocycles. The first-order chi connectivity index (χ1) is 9.08. The smallest absolute Gasteiger partial charge is 0.307 e. The zero-order valence-electron chi connectivity index (χ0n) is 11.2. The lowest BCUT2D eigenvalue weighted by Crippen LogP contribution is -2.26. The Labute approximate surface area is 112 Å². The zero-order chi connectivity index (χ0) is 13.8. The van der Waals surface area contributed by atoms with Crippen molar-refractivity contribution in [3.63, 3.8) is 0 Å². The molecule has 0 radical (unpaired) electrons. The molecule has 1 aromatic rings. The van der Waals surface area contributed by atoms with Gasteiger partial charge < -0.3 is 19.9 Å². The first-order valence-electron chi connectivity index (χ1n) is 6.40. The lowest BCUT2D eigenvalue weighted by Gasteiger charge is -2.20. The summed E-state index contributed by atoms with van der Waals surface area (Å²) in [6, 6.07) is 3.92. The maximum Gasteiger partial charge on any atom is 0.307 e. The largest absolute Gasteiger partial charge is 0.486 e. The third-order valence-corrected chi connectivity index (χ3v) is 3.19. The van der Waals surface area contributed by atoms with E-state index in [0.717, 1.165) is 22.6 Å². The Balaban J connectivity index is 1.98. The standard InChI is InChI=1S/C14H19NO4/c1-9-5-12-13(19-4-3-18-12)6-11(9)8-15-7-10(2)14(16)17/h5-6,10,15H,3-4,7-8H2,1-2H3,(H,16,17). The van der Waals surface area contributed by atoms with Crippen molar-refractivity contribution < 1.29 is 19.4 Å². The maximum absolute atomic E-state index is 10.7. The van der Waals surface area contributed by atoms with Gasteiger partial charge in [0.15, 0.2) is 11.5 Å². The van der Waals surface area contributed by atoms with E-state index in [4.69, 9.17) is 14.6 Å². The van der Waals surface area contributed by atoms with E-state index in [0.29, 0.717) is 26.3 Å². The van der Waals surface area contributed by atoms with E-state index < -0.39 is 11.9 Å². The van der Waals surface area contributed by atoms with Gasteiger partial charge in [-0.15, -0.1) is 0 Å². The van der Waals surface area contributed by atoms with Crippen LogP contribution in [0.3, 0.4) is 0 Å². The van der Waals surface area contributed by atoms with Crippen molar-refractivity contribution in [2.24, 2.45) is 5.92 Å². The number of aryl methyl sites for hydroxylation is 1. The van der Waals surface area contributed by atoms with E-state index in [-0.39, 0.29) is 0 Å². The summed E-state index contributed by atoms with van der Waals surface area (Å²) in [6.07, 6.45) is 0. The highest BCUT2D eigenvalue weighted by Gasteiger charge is 2.15. The first kappa shape index (κ1) is 13.7. The number of benzene rings is 1. The Morgan fingerprint density at radius 3 is 2.63 bits per heavy atom. The van der Waals surface area contributed by atoms with Crippen molar-refractivity contribution in [1.82, 2.24) is 5.32 Å². The minimum atomic E-state index is -0.786. The molecule has 0 spiro atoms. The second-order valence-electron chi connectivity index (χ2n) is 4.79. The van der Waals surface area contributed by atoms with Crippen LogP contribution in [-0.2, 0) is 11.3 Å². The van der Waals surface area contributed by atoms with Gasteiger partial charge in [-0.2, -0.15) is 0 Å². The Morgan fingerprint density at radius 2 is 2.00 bits per heavy atom. The van der Waals surface area contributed by atoms with Crippen LogP contribution in [0, 0.1) is 12.8 Å². The molecule has 1 unspecified atom stereocenters. The quantitative estimate of drug-likeness (QED) is 0.846. The Morgan fingerprint density at radius 1 is 1.37 bits per heavy atom. The van der Waals surface area contributed by atoms with Gasteiger partial charge in [0, 0.05) is 13.1 Å². The number of carboxylic acids is 1. The number of ether oxygens (including phenoxy) is 2. The summed E-state index contributed by atoms with van der Waals surface area (Å²) in [5, 5.41) is 12.0. The molecule has 19 heavy (non-hydrogen) atoms. The molecule has 2 N–H and O–H groups in total. The van der Waals surface area contributed by atoms with Crippen molar-refractivity contribution in [1.29, 1.82) is 0 Å². The lowest BCUT2D eigenvalue weighted by atomic mass is 10.1. The fourth-order valence-corrected chi connectivity index (χ4v) is 1.93. The molecular formula is C14H19NO4. The summed E-state index contributed by atoms with van der Waals surface area (Å²) in [4.78, 5) is 10.7. The fraction of sp³-hybridized carbons (Fsp3) is 0.500. The van der Waals surface area contributed by atoms with Gasteiger partial charge in [0.25, 0.3) is 0 Å². The number of rotatable bonds is 5. The van der Waals surface area contributed by atoms with Crippen molar-refractivity contribution in [3.8, 4) is 11.5 Å². The van der Waals surface area contributed by atoms with Crippen molar-refractivity contribution in [3.05, 3.63) is 23.3 Å². The highest BCUT2D eigenvalue weighted by atomic mass is 16.6. The normalized spacial score (nSPS) is 15.1. The van der Waals surface area contributed by atoms with Gasteiger partial charge in [-0.05, 0) is 30.2 Å². The number of carboxylic acid groups (broad SMARTS) is 1. The molecule has 0 amide bonds. The van der Waals surface area contributed by atoms with Crippen LogP contribution in [0.2, 0.25) is 0 Å². The topological polar surface area (TPSA) is 67.8 Å². The van der Waals surface area contributed by atoms with Crippen LogP contribution in [0.1, 0.15) is 18.1 Å². The summed E-state index contributed by atoms with van der Waals surface area (Å²) >= 11 is 0. The van der Waals surface area contributed by atoms with Crippen LogP contribution < -0.4 is 14.8 Å². The predicted octanol–water partition coefficient (Wildman–Crippen LogP) is 1.58. The van der Waals surface area contributed by atoms with Crippen LogP contribution in [0.4, 0.5) is 0 Å². The van der Waals surface area contributed by atoms with Crippen LogP contribution in [-0.4, -0.2) is 30.8 Å². The van der Waals surface area contributed by atoms with Gasteiger partial charge in [-0.1, -0.05) is 6.92 Å². The van der Waals surface area contributed by atoms with E-state index in [1.165, 1.54) is 0 Å². The van der Waals surface area contributed by atoms with Gasteiger partial charge in [0.05, 0.1) is 5.92 Å². The molecule has 5 nitrogen and oxygen atoms in total. The van der Waals surface area contributed by atoms with Gasteiger partial charge in [0.1, 0.15) is 13.2 Å². The molecule has 0 saturated carbocycles. The van der Waals surface area contributed by atoms with E-state index in [1.54, 1.807) is 6.92 Å². The van der Waals surface area contributed by atoms with Crippen LogP contribution >= 0.6 is 0 Å². The number of nitrogens with one attached hydrogen (secondary N) is 1. The monoisotopic (exact) mass is 265 g/mol. The number of carbonyl (C=O) groups is 1. The van der Waals surface area contributed by atoms with Crippen LogP contribution in [0.25, 0.3) is 0 Å². The van der Waals surface area contributed by atoms with E-state index in [1.807, 2.05) is 19.1 Å². The summed E-state index contributed by atoms with van der Waals surface area (Å²) in [7, 11) is 0. The molecule has 1 aromatic carbocycles. The van der Waals surface area contributed by atoms with E-state index in [9.17, 15) is 4.79 Å². The van der Waals surface area contributed by atoms with E-state index in [2.05, 4.69) is 5.32 Å². The molecular weight excluding hydrogens is 246 g/mol. The number of hydrogen-bond donors (Lipinski definition) is 2. The minimum Gasteiger partial charge on any atom is -0.486 e. The van der Waals surface area contributed by atoms with Crippen LogP contribution in [0.15, 0.2) is 12.1 Å². The molecule has 1 atom stereocenters. The van der Waals surface area contributed by atoms with Crippen LogP contribution in [0.5, 0.6) is 11.5 Å².